The number of rotatable bonds is 5. The van der Waals surface area contributed by atoms with Crippen molar-refractivity contribution in [3.05, 3.63) is 40.8 Å². The zero-order chi connectivity index (χ0) is 19.7. The summed E-state index contributed by atoms with van der Waals surface area (Å²) < 4.78 is 2.02. The van der Waals surface area contributed by atoms with Crippen molar-refractivity contribution in [3.63, 3.8) is 0 Å². The summed E-state index contributed by atoms with van der Waals surface area (Å²) in [5.41, 5.74) is 1.45. The molecule has 1 amide bonds. The van der Waals surface area contributed by atoms with Crippen LogP contribution in [0.2, 0.25) is 0 Å². The standard InChI is InChI=1S/C22H28N4O2/c1-14-7-5-9-18(15(14)2)24-20(27)11-6-12-26-19-10-4-3-8-16(19)17-13-23-25-22(28)21(17)26/h3-4,8,10,13-15,18H,5-7,9,11-12H2,1-2H3,(H,24,27)(H,25,28)/t14-,15-,18-/m1/s1. The number of benzene rings is 1. The number of aromatic nitrogens is 3. The first-order valence-corrected chi connectivity index (χ1v) is 10.3. The Hall–Kier alpha value is -2.63. The van der Waals surface area contributed by atoms with Crippen LogP contribution in [0.5, 0.6) is 0 Å². The molecular formula is C22H28N4O2. The minimum absolute atomic E-state index is 0.113. The topological polar surface area (TPSA) is 79.8 Å². The molecule has 0 bridgehead atoms. The summed E-state index contributed by atoms with van der Waals surface area (Å²) in [6.07, 6.45) is 6.38. The fraction of sp³-hybridized carbons (Fsp3) is 0.500. The molecule has 148 valence electrons. The third-order valence-corrected chi connectivity index (χ3v) is 6.42. The molecule has 0 saturated heterocycles. The van der Waals surface area contributed by atoms with Crippen LogP contribution in [-0.2, 0) is 11.3 Å². The van der Waals surface area contributed by atoms with E-state index in [9.17, 15) is 9.59 Å². The van der Waals surface area contributed by atoms with Crippen molar-refractivity contribution >= 4 is 27.7 Å². The summed E-state index contributed by atoms with van der Waals surface area (Å²) >= 11 is 0. The highest BCUT2D eigenvalue weighted by atomic mass is 16.1. The summed E-state index contributed by atoms with van der Waals surface area (Å²) in [5, 5.41) is 11.6. The quantitative estimate of drug-likeness (QED) is 0.710. The van der Waals surface area contributed by atoms with Crippen LogP contribution in [0.3, 0.4) is 0 Å². The number of para-hydroxylation sites is 1. The SMILES string of the molecule is C[C@@H]1[C@H](C)CCC[C@H]1NC(=O)CCCn1c2ccccc2c2cn[nH]c(=O)c21. The molecule has 3 atom stereocenters. The van der Waals surface area contributed by atoms with Gasteiger partial charge in [0, 0.05) is 35.3 Å². The molecule has 2 heterocycles. The highest BCUT2D eigenvalue weighted by Crippen LogP contribution is 2.30. The van der Waals surface area contributed by atoms with Crippen molar-refractivity contribution in [1.29, 1.82) is 0 Å². The lowest BCUT2D eigenvalue weighted by atomic mass is 9.78. The van der Waals surface area contributed by atoms with E-state index in [2.05, 4.69) is 29.4 Å². The van der Waals surface area contributed by atoms with Crippen LogP contribution in [0.25, 0.3) is 21.8 Å². The smallest absolute Gasteiger partial charge is 0.288 e. The molecule has 1 fully saturated rings. The Labute approximate surface area is 164 Å². The number of nitrogens with one attached hydrogen (secondary N) is 2. The van der Waals surface area contributed by atoms with E-state index in [-0.39, 0.29) is 11.5 Å². The summed E-state index contributed by atoms with van der Waals surface area (Å²) in [7, 11) is 0. The van der Waals surface area contributed by atoms with Crippen LogP contribution in [0.4, 0.5) is 0 Å². The van der Waals surface area contributed by atoms with E-state index in [0.717, 1.165) is 22.7 Å². The number of H-pyrrole nitrogens is 1. The number of hydrogen-bond acceptors (Lipinski definition) is 3. The van der Waals surface area contributed by atoms with E-state index in [1.54, 1.807) is 6.20 Å². The van der Waals surface area contributed by atoms with Crippen molar-refractivity contribution < 1.29 is 4.79 Å². The largest absolute Gasteiger partial charge is 0.353 e. The molecule has 28 heavy (non-hydrogen) atoms. The van der Waals surface area contributed by atoms with Gasteiger partial charge in [0.2, 0.25) is 5.91 Å². The molecule has 1 aliphatic carbocycles. The van der Waals surface area contributed by atoms with Gasteiger partial charge < -0.3 is 9.88 Å². The lowest BCUT2D eigenvalue weighted by Crippen LogP contribution is -2.43. The first-order chi connectivity index (χ1) is 13.6. The van der Waals surface area contributed by atoms with Gasteiger partial charge in [0.25, 0.3) is 5.56 Å². The third kappa shape index (κ3) is 3.43. The van der Waals surface area contributed by atoms with Gasteiger partial charge in [0.1, 0.15) is 5.52 Å². The minimum Gasteiger partial charge on any atom is -0.353 e. The Morgan fingerprint density at radius 2 is 2.07 bits per heavy atom. The first kappa shape index (κ1) is 18.7. The average Bonchev–Trinajstić information content (AvgIpc) is 3.01. The number of aromatic amines is 1. The van der Waals surface area contributed by atoms with E-state index in [4.69, 9.17) is 0 Å². The van der Waals surface area contributed by atoms with Crippen LogP contribution in [0.15, 0.2) is 35.3 Å². The predicted molar refractivity (Wildman–Crippen MR) is 111 cm³/mol. The average molecular weight is 380 g/mol. The number of aryl methyl sites for hydroxylation is 1. The summed E-state index contributed by atoms with van der Waals surface area (Å²) in [4.78, 5) is 24.9. The Morgan fingerprint density at radius 1 is 1.25 bits per heavy atom. The number of carbonyl (C=O) groups excluding carboxylic acids is 1. The van der Waals surface area contributed by atoms with Gasteiger partial charge in [-0.1, -0.05) is 44.9 Å². The Kier molecular flexibility index (Phi) is 5.20. The lowest BCUT2D eigenvalue weighted by molar-refractivity contribution is -0.122. The molecule has 2 N–H and O–H groups in total. The molecule has 0 unspecified atom stereocenters. The highest BCUT2D eigenvalue weighted by Gasteiger charge is 2.27. The van der Waals surface area contributed by atoms with Crippen molar-refractivity contribution in [2.75, 3.05) is 0 Å². The second-order valence-electron chi connectivity index (χ2n) is 8.18. The zero-order valence-corrected chi connectivity index (χ0v) is 16.6. The number of hydrogen-bond donors (Lipinski definition) is 2. The van der Waals surface area contributed by atoms with Gasteiger partial charge in [-0.25, -0.2) is 5.10 Å². The van der Waals surface area contributed by atoms with E-state index in [1.165, 1.54) is 12.8 Å². The van der Waals surface area contributed by atoms with Gasteiger partial charge in [-0.05, 0) is 30.7 Å². The van der Waals surface area contributed by atoms with Crippen LogP contribution in [0.1, 0.15) is 46.0 Å². The molecule has 1 saturated carbocycles. The number of carbonyl (C=O) groups is 1. The van der Waals surface area contributed by atoms with Crippen molar-refractivity contribution in [3.8, 4) is 0 Å². The van der Waals surface area contributed by atoms with Gasteiger partial charge >= 0.3 is 0 Å². The molecular weight excluding hydrogens is 352 g/mol. The molecule has 3 aromatic rings. The molecule has 1 aromatic carbocycles. The van der Waals surface area contributed by atoms with Gasteiger partial charge in [-0.15, -0.1) is 0 Å². The molecule has 1 aliphatic rings. The van der Waals surface area contributed by atoms with E-state index >= 15 is 0 Å². The molecule has 6 nitrogen and oxygen atoms in total. The van der Waals surface area contributed by atoms with Crippen molar-refractivity contribution in [1.82, 2.24) is 20.1 Å². The van der Waals surface area contributed by atoms with E-state index < -0.39 is 0 Å². The second-order valence-corrected chi connectivity index (χ2v) is 8.18. The van der Waals surface area contributed by atoms with Crippen molar-refractivity contribution in [2.24, 2.45) is 11.8 Å². The van der Waals surface area contributed by atoms with Gasteiger partial charge in [-0.3, -0.25) is 9.59 Å². The molecule has 0 radical (unpaired) electrons. The summed E-state index contributed by atoms with van der Waals surface area (Å²) in [6.45, 7) is 5.14. The molecule has 0 spiro atoms. The van der Waals surface area contributed by atoms with Crippen LogP contribution >= 0.6 is 0 Å². The van der Waals surface area contributed by atoms with Gasteiger partial charge in [0.15, 0.2) is 0 Å². The van der Waals surface area contributed by atoms with Crippen LogP contribution in [0, 0.1) is 11.8 Å². The Bertz CT molecular complexity index is 1050. The third-order valence-electron chi connectivity index (χ3n) is 6.42. The summed E-state index contributed by atoms with van der Waals surface area (Å²) in [6, 6.07) is 8.25. The fourth-order valence-electron chi connectivity index (χ4n) is 4.61. The van der Waals surface area contributed by atoms with Gasteiger partial charge in [0.05, 0.1) is 6.20 Å². The van der Waals surface area contributed by atoms with Crippen LogP contribution < -0.4 is 10.9 Å². The van der Waals surface area contributed by atoms with E-state index in [0.29, 0.717) is 42.8 Å². The van der Waals surface area contributed by atoms with E-state index in [1.807, 2.05) is 28.8 Å². The number of amides is 1. The molecule has 6 heteroatoms. The Balaban J connectivity index is 1.47. The normalized spacial score (nSPS) is 22.6. The van der Waals surface area contributed by atoms with Crippen LogP contribution in [-0.4, -0.2) is 26.7 Å². The zero-order valence-electron chi connectivity index (χ0n) is 16.6. The highest BCUT2D eigenvalue weighted by molar-refractivity contribution is 6.07. The monoisotopic (exact) mass is 380 g/mol. The number of fused-ring (bicyclic) bond motifs is 3. The number of nitrogens with zero attached hydrogens (tertiary/aromatic N) is 2. The maximum absolute atomic E-state index is 12.5. The minimum atomic E-state index is -0.192. The molecule has 4 rings (SSSR count). The second kappa shape index (κ2) is 7.78. The predicted octanol–water partition coefficient (Wildman–Crippen LogP) is 3.60. The first-order valence-electron chi connectivity index (χ1n) is 10.3. The maximum atomic E-state index is 12.5. The maximum Gasteiger partial charge on any atom is 0.288 e. The lowest BCUT2D eigenvalue weighted by Gasteiger charge is -2.34. The summed E-state index contributed by atoms with van der Waals surface area (Å²) in [5.74, 6) is 1.31. The van der Waals surface area contributed by atoms with Gasteiger partial charge in [-0.2, -0.15) is 5.10 Å². The molecule has 0 aliphatic heterocycles. The van der Waals surface area contributed by atoms with Crippen molar-refractivity contribution in [2.45, 2.75) is 58.5 Å². The molecule has 2 aromatic heterocycles. The fourth-order valence-corrected chi connectivity index (χ4v) is 4.61. The Morgan fingerprint density at radius 3 is 2.93 bits per heavy atom.